The Kier molecular flexibility index (Phi) is 2.00. The summed E-state index contributed by atoms with van der Waals surface area (Å²) in [6.07, 6.45) is 2.17. The van der Waals surface area contributed by atoms with Crippen molar-refractivity contribution in [3.05, 3.63) is 21.7 Å². The summed E-state index contributed by atoms with van der Waals surface area (Å²) >= 11 is 0. The van der Waals surface area contributed by atoms with Gasteiger partial charge < -0.3 is 4.90 Å². The second-order valence-corrected chi connectivity index (χ2v) is 6.35. The molecule has 3 rings (SSSR count). The number of hydrogen-bond acceptors (Lipinski definition) is 6. The second-order valence-electron chi connectivity index (χ2n) is 2.58. The van der Waals surface area contributed by atoms with Crippen LogP contribution >= 0.6 is 43.5 Å². The summed E-state index contributed by atoms with van der Waals surface area (Å²) in [5.41, 5.74) is 0. The summed E-state index contributed by atoms with van der Waals surface area (Å²) < 4.78 is 8.68. The SMILES string of the molecule is CN1C2=NSSC2=CC2=C1[N]SS2. The van der Waals surface area contributed by atoms with Crippen molar-refractivity contribution in [3.63, 3.8) is 0 Å². The van der Waals surface area contributed by atoms with Crippen LogP contribution in [0.4, 0.5) is 0 Å². The van der Waals surface area contributed by atoms with Gasteiger partial charge in [0.05, 0.1) is 31.8 Å². The number of fused-ring (bicyclic) bond motifs is 1. The van der Waals surface area contributed by atoms with Crippen LogP contribution in [0.25, 0.3) is 0 Å². The van der Waals surface area contributed by atoms with Crippen LogP contribution in [-0.4, -0.2) is 17.8 Å². The van der Waals surface area contributed by atoms with E-state index in [9.17, 15) is 0 Å². The van der Waals surface area contributed by atoms with Crippen LogP contribution in [0.5, 0.6) is 0 Å². The molecule has 0 atom stereocenters. The summed E-state index contributed by atoms with van der Waals surface area (Å²) in [4.78, 5) is 4.55. The van der Waals surface area contributed by atoms with E-state index in [1.165, 1.54) is 31.8 Å². The van der Waals surface area contributed by atoms with Gasteiger partial charge in [-0.2, -0.15) is 9.12 Å². The maximum Gasteiger partial charge on any atom is 0.157 e. The lowest BCUT2D eigenvalue weighted by atomic mass is 10.3. The highest BCUT2D eigenvalue weighted by Crippen LogP contribution is 2.49. The molecule has 0 N–H and O–H groups in total. The number of rotatable bonds is 0. The molecule has 67 valence electrons. The van der Waals surface area contributed by atoms with Gasteiger partial charge in [0.25, 0.3) is 0 Å². The van der Waals surface area contributed by atoms with Crippen molar-refractivity contribution < 1.29 is 0 Å². The molecule has 3 nitrogen and oxygen atoms in total. The van der Waals surface area contributed by atoms with Gasteiger partial charge in [-0.15, -0.1) is 0 Å². The molecule has 0 aromatic rings. The third-order valence-corrected chi connectivity index (χ3v) is 5.42. The van der Waals surface area contributed by atoms with Crippen LogP contribution in [0.15, 0.2) is 26.1 Å². The highest BCUT2D eigenvalue weighted by molar-refractivity contribution is 8.78. The first-order chi connectivity index (χ1) is 6.36. The number of allylic oxidation sites excluding steroid dienone is 1. The second kappa shape index (κ2) is 3.08. The van der Waals surface area contributed by atoms with Gasteiger partial charge in [0, 0.05) is 7.05 Å². The Balaban J connectivity index is 2.10. The molecule has 0 bridgehead atoms. The van der Waals surface area contributed by atoms with E-state index in [1.807, 2.05) is 7.05 Å². The lowest BCUT2D eigenvalue weighted by Crippen LogP contribution is -2.30. The molecular formula is C6H4N3S4. The fraction of sp³-hybridized carbons (Fsp3) is 0.167. The standard InChI is InChI=1S/C6H4N3S4/c1-9-5-3(10-12-7-5)2-4-6(9)8-13-11-4/h2H,1H3. The van der Waals surface area contributed by atoms with E-state index in [4.69, 9.17) is 0 Å². The van der Waals surface area contributed by atoms with Gasteiger partial charge in [-0.3, -0.25) is 0 Å². The Morgan fingerprint density at radius 2 is 2.23 bits per heavy atom. The number of nitrogens with zero attached hydrogens (tertiary/aromatic N) is 3. The van der Waals surface area contributed by atoms with Gasteiger partial charge in [-0.1, -0.05) is 0 Å². The monoisotopic (exact) mass is 246 g/mol. The topological polar surface area (TPSA) is 29.7 Å². The molecule has 0 saturated carbocycles. The first-order valence-electron chi connectivity index (χ1n) is 3.53. The Morgan fingerprint density at radius 1 is 1.31 bits per heavy atom. The molecule has 0 aromatic heterocycles. The zero-order chi connectivity index (χ0) is 8.84. The first kappa shape index (κ1) is 8.46. The summed E-state index contributed by atoms with van der Waals surface area (Å²) in [6, 6.07) is 0. The van der Waals surface area contributed by atoms with E-state index < -0.39 is 0 Å². The molecule has 13 heavy (non-hydrogen) atoms. The summed E-state index contributed by atoms with van der Waals surface area (Å²) in [5.74, 6) is 2.08. The van der Waals surface area contributed by atoms with Crippen molar-refractivity contribution in [1.82, 2.24) is 9.62 Å². The van der Waals surface area contributed by atoms with Crippen molar-refractivity contribution >= 4 is 49.4 Å². The van der Waals surface area contributed by atoms with Crippen LogP contribution in [0.1, 0.15) is 0 Å². The fourth-order valence-corrected chi connectivity index (χ4v) is 4.92. The Bertz CT molecular complexity index is 359. The van der Waals surface area contributed by atoms with Crippen LogP contribution in [0.3, 0.4) is 0 Å². The molecule has 3 aliphatic heterocycles. The van der Waals surface area contributed by atoms with Gasteiger partial charge in [0.15, 0.2) is 11.7 Å². The first-order valence-corrected chi connectivity index (χ1v) is 7.74. The highest BCUT2D eigenvalue weighted by Gasteiger charge is 2.32. The normalized spacial score (nSPS) is 25.2. The van der Waals surface area contributed by atoms with Crippen molar-refractivity contribution in [1.29, 1.82) is 0 Å². The minimum atomic E-state index is 1.04. The molecule has 7 heteroatoms. The van der Waals surface area contributed by atoms with Gasteiger partial charge in [0.1, 0.15) is 0 Å². The molecule has 0 saturated heterocycles. The predicted molar refractivity (Wildman–Crippen MR) is 62.8 cm³/mol. The summed E-state index contributed by atoms with van der Waals surface area (Å²) in [7, 11) is 8.51. The van der Waals surface area contributed by atoms with E-state index in [0.29, 0.717) is 0 Å². The zero-order valence-electron chi connectivity index (χ0n) is 6.55. The van der Waals surface area contributed by atoms with Crippen molar-refractivity contribution in [2.75, 3.05) is 7.05 Å². The average Bonchev–Trinajstić information content (AvgIpc) is 2.71. The van der Waals surface area contributed by atoms with E-state index in [-0.39, 0.29) is 0 Å². The largest absolute Gasteiger partial charge is 0.311 e. The quantitative estimate of drug-likeness (QED) is 0.484. The maximum atomic E-state index is 4.34. The number of likely N-dealkylation sites (N-methyl/N-ethyl adjacent to an activating group) is 1. The van der Waals surface area contributed by atoms with E-state index >= 15 is 0 Å². The van der Waals surface area contributed by atoms with Crippen molar-refractivity contribution in [2.45, 2.75) is 0 Å². The third-order valence-electron chi connectivity index (χ3n) is 1.84. The molecule has 0 spiro atoms. The molecule has 0 amide bonds. The van der Waals surface area contributed by atoms with Crippen molar-refractivity contribution in [2.24, 2.45) is 4.40 Å². The number of hydrogen-bond donors (Lipinski definition) is 0. The molecule has 0 aromatic carbocycles. The molecular weight excluding hydrogens is 242 g/mol. The lowest BCUT2D eigenvalue weighted by molar-refractivity contribution is 0.599. The predicted octanol–water partition coefficient (Wildman–Crippen LogP) is 2.61. The van der Waals surface area contributed by atoms with E-state index in [0.717, 1.165) is 11.7 Å². The highest BCUT2D eigenvalue weighted by atomic mass is 33.1. The van der Waals surface area contributed by atoms with Gasteiger partial charge in [-0.05, 0) is 27.7 Å². The van der Waals surface area contributed by atoms with Gasteiger partial charge in [-0.25, -0.2) is 0 Å². The fourth-order valence-electron chi connectivity index (χ4n) is 1.20. The number of amidine groups is 1. The van der Waals surface area contributed by atoms with Crippen LogP contribution in [-0.2, 0) is 0 Å². The summed E-state index contributed by atoms with van der Waals surface area (Å²) in [6.45, 7) is 0. The Hall–Kier alpha value is 0.150. The van der Waals surface area contributed by atoms with Gasteiger partial charge >= 0.3 is 0 Å². The molecule has 0 unspecified atom stereocenters. The van der Waals surface area contributed by atoms with Crippen LogP contribution < -0.4 is 4.72 Å². The molecule has 0 aliphatic carbocycles. The average molecular weight is 246 g/mol. The Labute approximate surface area is 91.9 Å². The van der Waals surface area contributed by atoms with Crippen molar-refractivity contribution in [3.8, 4) is 0 Å². The molecule has 1 radical (unpaired) electrons. The Morgan fingerprint density at radius 3 is 3.15 bits per heavy atom. The minimum absolute atomic E-state index is 1.04. The molecule has 3 aliphatic rings. The molecule has 0 fully saturated rings. The van der Waals surface area contributed by atoms with Crippen LogP contribution in [0, 0.1) is 0 Å². The van der Waals surface area contributed by atoms with Crippen LogP contribution in [0.2, 0.25) is 0 Å². The third kappa shape index (κ3) is 1.21. The summed E-state index contributed by atoms with van der Waals surface area (Å²) in [5, 5.41) is 0. The molecule has 3 heterocycles. The smallest absolute Gasteiger partial charge is 0.157 e. The lowest BCUT2D eigenvalue weighted by Gasteiger charge is -2.22. The maximum absolute atomic E-state index is 4.34. The van der Waals surface area contributed by atoms with E-state index in [1.54, 1.807) is 21.6 Å². The van der Waals surface area contributed by atoms with Gasteiger partial charge in [0.2, 0.25) is 0 Å². The zero-order valence-corrected chi connectivity index (χ0v) is 9.82. The minimum Gasteiger partial charge on any atom is -0.311 e. The van der Waals surface area contributed by atoms with E-state index in [2.05, 4.69) is 20.1 Å².